The van der Waals surface area contributed by atoms with E-state index in [0.29, 0.717) is 12.1 Å². The fourth-order valence-electron chi connectivity index (χ4n) is 4.60. The monoisotopic (exact) mass is 583 g/mol. The maximum absolute atomic E-state index is 14.8. The molecular weight excluding hydrogens is 550 g/mol. The minimum atomic E-state index is -5.35. The minimum absolute atomic E-state index is 0.0100. The van der Waals surface area contributed by atoms with Gasteiger partial charge in [0.15, 0.2) is 17.4 Å². The molecule has 0 aliphatic carbocycles. The van der Waals surface area contributed by atoms with Crippen LogP contribution in [0.3, 0.4) is 0 Å². The third kappa shape index (κ3) is 7.26. The van der Waals surface area contributed by atoms with Crippen LogP contribution in [0.4, 0.5) is 28.0 Å². The number of benzene rings is 1. The van der Waals surface area contributed by atoms with Crippen molar-refractivity contribution in [3.8, 4) is 17.3 Å². The average molecular weight is 584 g/mol. The number of H-pyrrole nitrogens is 2. The molecule has 0 bridgehead atoms. The lowest BCUT2D eigenvalue weighted by atomic mass is 10.1. The molecule has 224 valence electrons. The van der Waals surface area contributed by atoms with Crippen molar-refractivity contribution in [3.05, 3.63) is 24.1 Å². The van der Waals surface area contributed by atoms with Crippen LogP contribution in [0.2, 0.25) is 0 Å². The van der Waals surface area contributed by atoms with Gasteiger partial charge in [-0.1, -0.05) is 6.42 Å². The van der Waals surface area contributed by atoms with Gasteiger partial charge in [0.25, 0.3) is 0 Å². The van der Waals surface area contributed by atoms with Crippen LogP contribution in [0.15, 0.2) is 18.3 Å². The first kappa shape index (κ1) is 30.1. The first-order valence-electron chi connectivity index (χ1n) is 13.6. The SMILES string of the molecule is CCN(CC)C(=O)N(OC(=O)C(F)(F)F)c1cn[nH]c1-c1nc2cc(OCCCCN3CCCCC3)c(F)cc2[nH]1. The van der Waals surface area contributed by atoms with Crippen molar-refractivity contribution in [2.24, 2.45) is 0 Å². The zero-order valence-corrected chi connectivity index (χ0v) is 22.9. The molecule has 4 rings (SSSR count). The zero-order chi connectivity index (χ0) is 29.6. The van der Waals surface area contributed by atoms with Crippen LogP contribution in [0.5, 0.6) is 5.75 Å². The fraction of sp³-hybridized carbons (Fsp3) is 0.538. The number of nitrogens with one attached hydrogen (secondary N) is 2. The Bertz CT molecular complexity index is 1330. The molecule has 15 heteroatoms. The van der Waals surface area contributed by atoms with Gasteiger partial charge in [0.05, 0.1) is 23.8 Å². The minimum Gasteiger partial charge on any atom is -0.490 e. The second kappa shape index (κ2) is 13.2. The van der Waals surface area contributed by atoms with Gasteiger partial charge >= 0.3 is 18.2 Å². The van der Waals surface area contributed by atoms with Gasteiger partial charge in [0.2, 0.25) is 0 Å². The Hall–Kier alpha value is -3.88. The van der Waals surface area contributed by atoms with Gasteiger partial charge in [-0.15, -0.1) is 5.06 Å². The highest BCUT2D eigenvalue weighted by Crippen LogP contribution is 2.32. The van der Waals surface area contributed by atoms with Crippen LogP contribution in [-0.4, -0.2) is 87.5 Å². The molecule has 1 aromatic carbocycles. The van der Waals surface area contributed by atoms with E-state index in [0.717, 1.165) is 43.6 Å². The van der Waals surface area contributed by atoms with E-state index in [-0.39, 0.29) is 46.6 Å². The second-order valence-corrected chi connectivity index (χ2v) is 9.60. The number of ether oxygens (including phenoxy) is 1. The molecule has 3 aromatic rings. The number of amides is 2. The van der Waals surface area contributed by atoms with Crippen molar-refractivity contribution in [1.29, 1.82) is 0 Å². The number of carbonyl (C=O) groups is 2. The van der Waals surface area contributed by atoms with Gasteiger partial charge < -0.3 is 24.4 Å². The Morgan fingerprint density at radius 1 is 1.10 bits per heavy atom. The van der Waals surface area contributed by atoms with E-state index in [1.165, 1.54) is 31.4 Å². The van der Waals surface area contributed by atoms with E-state index in [2.05, 4.69) is 29.9 Å². The van der Waals surface area contributed by atoms with Crippen molar-refractivity contribution in [1.82, 2.24) is 30.0 Å². The Morgan fingerprint density at radius 2 is 1.83 bits per heavy atom. The average Bonchev–Trinajstić information content (AvgIpc) is 3.59. The molecule has 1 aliphatic heterocycles. The summed E-state index contributed by atoms with van der Waals surface area (Å²) in [6.45, 7) is 7.02. The van der Waals surface area contributed by atoms with Gasteiger partial charge in [-0.3, -0.25) is 5.10 Å². The van der Waals surface area contributed by atoms with E-state index < -0.39 is 24.0 Å². The van der Waals surface area contributed by atoms with E-state index in [1.54, 1.807) is 13.8 Å². The Labute approximate surface area is 233 Å². The first-order valence-corrected chi connectivity index (χ1v) is 13.6. The molecule has 11 nitrogen and oxygen atoms in total. The first-order chi connectivity index (χ1) is 19.6. The van der Waals surface area contributed by atoms with Crippen LogP contribution in [0.25, 0.3) is 22.6 Å². The van der Waals surface area contributed by atoms with Gasteiger partial charge in [0, 0.05) is 25.2 Å². The summed E-state index contributed by atoms with van der Waals surface area (Å²) in [6.07, 6.45) is 1.06. The molecule has 41 heavy (non-hydrogen) atoms. The normalized spacial score (nSPS) is 14.3. The molecule has 2 N–H and O–H groups in total. The van der Waals surface area contributed by atoms with Crippen molar-refractivity contribution >= 4 is 28.7 Å². The maximum Gasteiger partial charge on any atom is 0.493 e. The lowest BCUT2D eigenvalue weighted by Gasteiger charge is -2.27. The second-order valence-electron chi connectivity index (χ2n) is 9.60. The number of hydrogen-bond acceptors (Lipinski definition) is 7. The molecule has 0 atom stereocenters. The number of alkyl halides is 3. The van der Waals surface area contributed by atoms with Crippen molar-refractivity contribution in [2.75, 3.05) is 44.4 Å². The highest BCUT2D eigenvalue weighted by Gasteiger charge is 2.44. The summed E-state index contributed by atoms with van der Waals surface area (Å²) < 4.78 is 59.5. The molecule has 1 saturated heterocycles. The molecule has 0 spiro atoms. The summed E-state index contributed by atoms with van der Waals surface area (Å²) in [5.74, 6) is -3.18. The summed E-state index contributed by atoms with van der Waals surface area (Å²) in [7, 11) is 0. The van der Waals surface area contributed by atoms with Gasteiger partial charge in [-0.25, -0.2) is 19.0 Å². The number of hydroxylamine groups is 1. The standard InChI is InChI=1S/C26H33F4N7O4/c1-3-36(4-2)25(39)37(41-24(38)26(28,29)30)20-16-31-34-22(20)23-32-18-14-17(27)21(15-19(18)33-23)40-13-9-8-12-35-10-6-5-7-11-35/h14-16H,3-13H2,1-2H3,(H,31,34)(H,32,33). The van der Waals surface area contributed by atoms with Crippen LogP contribution >= 0.6 is 0 Å². The highest BCUT2D eigenvalue weighted by molar-refractivity contribution is 5.96. The van der Waals surface area contributed by atoms with E-state index >= 15 is 0 Å². The largest absolute Gasteiger partial charge is 0.493 e. The fourth-order valence-corrected chi connectivity index (χ4v) is 4.60. The molecule has 3 heterocycles. The smallest absolute Gasteiger partial charge is 0.490 e. The number of piperidine rings is 1. The molecule has 2 amide bonds. The predicted molar refractivity (Wildman–Crippen MR) is 142 cm³/mol. The number of fused-ring (bicyclic) bond motifs is 1. The van der Waals surface area contributed by atoms with E-state index in [9.17, 15) is 27.2 Å². The number of halogens is 4. The lowest BCUT2D eigenvalue weighted by Crippen LogP contribution is -2.46. The Morgan fingerprint density at radius 3 is 2.51 bits per heavy atom. The number of likely N-dealkylation sites (tertiary alicyclic amines) is 1. The maximum atomic E-state index is 14.8. The summed E-state index contributed by atoms with van der Waals surface area (Å²) in [6, 6.07) is 1.58. The van der Waals surface area contributed by atoms with Crippen molar-refractivity contribution in [3.63, 3.8) is 0 Å². The lowest BCUT2D eigenvalue weighted by molar-refractivity contribution is -0.200. The predicted octanol–water partition coefficient (Wildman–Crippen LogP) is 5.03. The van der Waals surface area contributed by atoms with Crippen molar-refractivity contribution < 1.29 is 36.7 Å². The molecule has 1 fully saturated rings. The number of aromatic amines is 2. The van der Waals surface area contributed by atoms with Crippen LogP contribution in [-0.2, 0) is 9.63 Å². The van der Waals surface area contributed by atoms with Crippen LogP contribution in [0, 0.1) is 5.82 Å². The van der Waals surface area contributed by atoms with E-state index in [4.69, 9.17) is 4.74 Å². The number of aromatic nitrogens is 4. The quantitative estimate of drug-likeness (QED) is 0.195. The topological polar surface area (TPSA) is 120 Å². The van der Waals surface area contributed by atoms with Crippen LogP contribution in [0.1, 0.15) is 46.0 Å². The molecule has 0 saturated carbocycles. The van der Waals surface area contributed by atoms with Gasteiger partial charge in [-0.05, 0) is 59.2 Å². The Balaban J connectivity index is 1.52. The number of carbonyl (C=O) groups excluding carboxylic acids is 2. The molecular formula is C26H33F4N7O4. The molecule has 2 aromatic heterocycles. The number of anilines is 1. The van der Waals surface area contributed by atoms with Crippen LogP contribution < -0.4 is 9.80 Å². The highest BCUT2D eigenvalue weighted by atomic mass is 19.4. The summed E-state index contributed by atoms with van der Waals surface area (Å²) >= 11 is 0. The third-order valence-electron chi connectivity index (χ3n) is 6.80. The number of nitrogens with zero attached hydrogens (tertiary/aromatic N) is 5. The molecule has 1 aliphatic rings. The molecule has 0 radical (unpaired) electrons. The van der Waals surface area contributed by atoms with Gasteiger partial charge in [-0.2, -0.15) is 18.3 Å². The Kier molecular flexibility index (Phi) is 9.68. The summed E-state index contributed by atoms with van der Waals surface area (Å²) in [5, 5.41) is 6.58. The summed E-state index contributed by atoms with van der Waals surface area (Å²) in [5.41, 5.74) is 0.213. The summed E-state index contributed by atoms with van der Waals surface area (Å²) in [4.78, 5) is 40.0. The zero-order valence-electron chi connectivity index (χ0n) is 22.9. The van der Waals surface area contributed by atoms with Gasteiger partial charge in [0.1, 0.15) is 11.4 Å². The number of unbranched alkanes of at least 4 members (excludes halogenated alkanes) is 1. The number of urea groups is 1. The molecule has 0 unspecified atom stereocenters. The number of rotatable bonds is 10. The van der Waals surface area contributed by atoms with E-state index in [1.807, 2.05) is 0 Å². The van der Waals surface area contributed by atoms with Crippen molar-refractivity contribution in [2.45, 2.75) is 52.1 Å². The number of hydrogen-bond donors (Lipinski definition) is 2. The third-order valence-corrected chi connectivity index (χ3v) is 6.80. The number of imidazole rings is 1.